The average Bonchev–Trinajstić information content (AvgIpc) is 2.74. The Kier molecular flexibility index (Phi) is 6.01. The van der Waals surface area contributed by atoms with Crippen LogP contribution >= 0.6 is 0 Å². The summed E-state index contributed by atoms with van der Waals surface area (Å²) in [7, 11) is 1.50. The number of carbonyl (C=O) groups is 1. The Bertz CT molecular complexity index is 1040. The lowest BCUT2D eigenvalue weighted by Crippen LogP contribution is -2.26. The molecule has 1 N–H and O–H groups in total. The summed E-state index contributed by atoms with van der Waals surface area (Å²) in [6.45, 7) is 2.01. The number of amides is 1. The Balaban J connectivity index is 2.03. The van der Waals surface area contributed by atoms with Gasteiger partial charge in [-0.2, -0.15) is 5.10 Å². The molecule has 0 fully saturated rings. The van der Waals surface area contributed by atoms with Crippen molar-refractivity contribution in [3.63, 3.8) is 0 Å². The summed E-state index contributed by atoms with van der Waals surface area (Å²) >= 11 is 0. The monoisotopic (exact) mass is 375 g/mol. The van der Waals surface area contributed by atoms with Crippen LogP contribution in [0.15, 0.2) is 82.8 Å². The van der Waals surface area contributed by atoms with Crippen molar-refractivity contribution in [2.45, 2.75) is 13.5 Å². The van der Waals surface area contributed by atoms with Crippen molar-refractivity contribution >= 4 is 11.6 Å². The van der Waals surface area contributed by atoms with Gasteiger partial charge in [0.1, 0.15) is 6.61 Å². The third kappa shape index (κ3) is 4.35. The normalized spacial score (nSPS) is 11.1. The van der Waals surface area contributed by atoms with Gasteiger partial charge in [0, 0.05) is 19.3 Å². The molecule has 28 heavy (non-hydrogen) atoms. The van der Waals surface area contributed by atoms with Gasteiger partial charge in [-0.1, -0.05) is 60.7 Å². The van der Waals surface area contributed by atoms with E-state index in [9.17, 15) is 9.59 Å². The molecule has 6 nitrogen and oxygen atoms in total. The van der Waals surface area contributed by atoms with Crippen LogP contribution in [0.2, 0.25) is 0 Å². The zero-order chi connectivity index (χ0) is 19.9. The average molecular weight is 375 g/mol. The summed E-state index contributed by atoms with van der Waals surface area (Å²) in [6, 6.07) is 20.4. The largest absolute Gasteiger partial charge is 0.482 e. The van der Waals surface area contributed by atoms with E-state index in [1.807, 2.05) is 67.6 Å². The minimum absolute atomic E-state index is 0.0321. The molecule has 0 saturated heterocycles. The highest BCUT2D eigenvalue weighted by Crippen LogP contribution is 2.16. The number of nitrogens with zero attached hydrogens (tertiary/aromatic N) is 2. The highest BCUT2D eigenvalue weighted by atomic mass is 16.5. The van der Waals surface area contributed by atoms with Gasteiger partial charge < -0.3 is 10.1 Å². The Morgan fingerprint density at radius 3 is 2.32 bits per heavy atom. The molecule has 0 spiro atoms. The topological polar surface area (TPSA) is 72.7 Å². The molecule has 1 aromatic heterocycles. The second kappa shape index (κ2) is 8.81. The maximum atomic E-state index is 12.5. The fourth-order valence-corrected chi connectivity index (χ4v) is 2.69. The summed E-state index contributed by atoms with van der Waals surface area (Å²) < 4.78 is 7.12. The summed E-state index contributed by atoms with van der Waals surface area (Å²) in [5, 5.41) is 7.06. The Morgan fingerprint density at radius 1 is 1.04 bits per heavy atom. The SMILES string of the molecule is CNC(=O)c1c(OCc2ccccc2)c(=O)ccn1/N=C(/C)c1ccccc1. The fraction of sp³-hybridized carbons (Fsp3) is 0.136. The number of ether oxygens (including phenoxy) is 1. The molecule has 0 aliphatic heterocycles. The summed E-state index contributed by atoms with van der Waals surface area (Å²) in [5.41, 5.74) is 2.18. The van der Waals surface area contributed by atoms with Crippen molar-refractivity contribution in [2.75, 3.05) is 7.05 Å². The molecule has 0 saturated carbocycles. The zero-order valence-electron chi connectivity index (χ0n) is 15.8. The van der Waals surface area contributed by atoms with E-state index in [-0.39, 0.29) is 23.5 Å². The molecule has 1 heterocycles. The van der Waals surface area contributed by atoms with Crippen LogP contribution < -0.4 is 15.5 Å². The number of benzene rings is 2. The molecule has 0 aliphatic rings. The van der Waals surface area contributed by atoms with Gasteiger partial charge in [-0.15, -0.1) is 0 Å². The van der Waals surface area contributed by atoms with E-state index in [1.165, 1.54) is 24.0 Å². The van der Waals surface area contributed by atoms with Crippen LogP contribution in [0.1, 0.15) is 28.5 Å². The van der Waals surface area contributed by atoms with E-state index in [0.717, 1.165) is 11.1 Å². The van der Waals surface area contributed by atoms with E-state index in [4.69, 9.17) is 4.74 Å². The predicted molar refractivity (Wildman–Crippen MR) is 109 cm³/mol. The van der Waals surface area contributed by atoms with E-state index < -0.39 is 5.91 Å². The summed E-state index contributed by atoms with van der Waals surface area (Å²) in [4.78, 5) is 24.9. The molecule has 3 aromatic rings. The highest BCUT2D eigenvalue weighted by Gasteiger charge is 2.20. The molecular formula is C22H21N3O3. The van der Waals surface area contributed by atoms with Crippen molar-refractivity contribution in [1.82, 2.24) is 9.99 Å². The van der Waals surface area contributed by atoms with Crippen molar-refractivity contribution in [3.8, 4) is 5.75 Å². The quantitative estimate of drug-likeness (QED) is 0.673. The van der Waals surface area contributed by atoms with Crippen LogP contribution in [0.5, 0.6) is 5.75 Å². The van der Waals surface area contributed by atoms with E-state index in [1.54, 1.807) is 0 Å². The lowest BCUT2D eigenvalue weighted by Gasteiger charge is -2.14. The molecule has 6 heteroatoms. The van der Waals surface area contributed by atoms with Gasteiger partial charge >= 0.3 is 0 Å². The lowest BCUT2D eigenvalue weighted by atomic mass is 10.1. The van der Waals surface area contributed by atoms with E-state index in [0.29, 0.717) is 5.71 Å². The number of nitrogens with one attached hydrogen (secondary N) is 1. The van der Waals surface area contributed by atoms with Crippen LogP contribution in [0.25, 0.3) is 0 Å². The minimum atomic E-state index is -0.453. The van der Waals surface area contributed by atoms with Gasteiger partial charge in [0.05, 0.1) is 5.71 Å². The van der Waals surface area contributed by atoms with Crippen LogP contribution in [0.3, 0.4) is 0 Å². The molecule has 1 amide bonds. The van der Waals surface area contributed by atoms with Crippen LogP contribution in [-0.4, -0.2) is 23.3 Å². The number of rotatable bonds is 6. The Labute approximate surface area is 163 Å². The third-order valence-electron chi connectivity index (χ3n) is 4.15. The standard InChI is InChI=1S/C22H21N3O3/c1-16(18-11-7-4-8-12-18)24-25-14-13-19(26)21(20(25)22(27)23-2)28-15-17-9-5-3-6-10-17/h3-14H,15H2,1-2H3,(H,23,27)/b24-16-. The van der Waals surface area contributed by atoms with Crippen LogP contribution in [0.4, 0.5) is 0 Å². The number of pyridine rings is 1. The first kappa shape index (κ1) is 19.1. The molecular weight excluding hydrogens is 354 g/mol. The van der Waals surface area contributed by atoms with Gasteiger partial charge in [0.25, 0.3) is 5.91 Å². The smallest absolute Gasteiger partial charge is 0.273 e. The van der Waals surface area contributed by atoms with E-state index >= 15 is 0 Å². The molecule has 0 aliphatic carbocycles. The summed E-state index contributed by atoms with van der Waals surface area (Å²) in [6.07, 6.45) is 1.47. The Morgan fingerprint density at radius 2 is 1.68 bits per heavy atom. The van der Waals surface area contributed by atoms with Crippen LogP contribution in [0, 0.1) is 0 Å². The van der Waals surface area contributed by atoms with Gasteiger partial charge in [0.2, 0.25) is 5.43 Å². The maximum absolute atomic E-state index is 12.5. The second-order valence-electron chi connectivity index (χ2n) is 6.11. The fourth-order valence-electron chi connectivity index (χ4n) is 2.69. The number of aromatic nitrogens is 1. The Hall–Kier alpha value is -3.67. The maximum Gasteiger partial charge on any atom is 0.273 e. The van der Waals surface area contributed by atoms with Crippen molar-refractivity contribution < 1.29 is 9.53 Å². The molecule has 0 radical (unpaired) electrons. The first-order valence-corrected chi connectivity index (χ1v) is 8.85. The lowest BCUT2D eigenvalue weighted by molar-refractivity contribution is 0.0948. The zero-order valence-corrected chi connectivity index (χ0v) is 15.8. The summed E-state index contributed by atoms with van der Waals surface area (Å²) in [5.74, 6) is -0.485. The minimum Gasteiger partial charge on any atom is -0.482 e. The number of hydrogen-bond acceptors (Lipinski definition) is 4. The highest BCUT2D eigenvalue weighted by molar-refractivity contribution is 5.99. The first-order valence-electron chi connectivity index (χ1n) is 8.85. The van der Waals surface area contributed by atoms with Gasteiger partial charge in [-0.25, -0.2) is 4.68 Å². The molecule has 142 valence electrons. The van der Waals surface area contributed by atoms with E-state index in [2.05, 4.69) is 10.4 Å². The number of carbonyl (C=O) groups excluding carboxylic acids is 1. The van der Waals surface area contributed by atoms with Crippen molar-refractivity contribution in [3.05, 3.63) is 100.0 Å². The van der Waals surface area contributed by atoms with Gasteiger partial charge in [0.15, 0.2) is 11.4 Å². The van der Waals surface area contributed by atoms with Gasteiger partial charge in [-0.05, 0) is 18.1 Å². The molecule has 0 atom stereocenters. The van der Waals surface area contributed by atoms with Crippen LogP contribution in [-0.2, 0) is 6.61 Å². The molecule has 0 bridgehead atoms. The predicted octanol–water partition coefficient (Wildman–Crippen LogP) is 3.06. The molecule has 3 rings (SSSR count). The van der Waals surface area contributed by atoms with Gasteiger partial charge in [-0.3, -0.25) is 9.59 Å². The third-order valence-corrected chi connectivity index (χ3v) is 4.15. The molecule has 2 aromatic carbocycles. The van der Waals surface area contributed by atoms with Crippen molar-refractivity contribution in [1.29, 1.82) is 0 Å². The van der Waals surface area contributed by atoms with Crippen molar-refractivity contribution in [2.24, 2.45) is 5.10 Å². The molecule has 0 unspecified atom stereocenters. The first-order chi connectivity index (χ1) is 13.6. The number of hydrogen-bond donors (Lipinski definition) is 1. The second-order valence-corrected chi connectivity index (χ2v) is 6.11.